The topological polar surface area (TPSA) is 4.93 Å². The van der Waals surface area contributed by atoms with Gasteiger partial charge in [0.1, 0.15) is 5.15 Å². The summed E-state index contributed by atoms with van der Waals surface area (Å²) < 4.78 is 1.99. The molecule has 0 bridgehead atoms. The van der Waals surface area contributed by atoms with Crippen LogP contribution in [0.1, 0.15) is 11.1 Å². The van der Waals surface area contributed by atoms with Crippen molar-refractivity contribution in [2.45, 2.75) is 13.5 Å². The Morgan fingerprint density at radius 2 is 1.85 bits per heavy atom. The molecule has 4 heteroatoms. The normalized spacial score (nSPS) is 11.2. The van der Waals surface area contributed by atoms with Crippen molar-refractivity contribution in [2.24, 2.45) is 0 Å². The largest absolute Gasteiger partial charge is 0.327 e. The van der Waals surface area contributed by atoms with E-state index in [0.717, 1.165) is 16.5 Å². The van der Waals surface area contributed by atoms with Gasteiger partial charge in [0.15, 0.2) is 0 Å². The van der Waals surface area contributed by atoms with Crippen LogP contribution in [0.3, 0.4) is 0 Å². The molecule has 1 nitrogen and oxygen atoms in total. The van der Waals surface area contributed by atoms with Crippen LogP contribution in [0.25, 0.3) is 10.9 Å². The second-order valence-corrected chi connectivity index (χ2v) is 5.96. The van der Waals surface area contributed by atoms with E-state index in [2.05, 4.69) is 31.2 Å². The van der Waals surface area contributed by atoms with E-state index in [4.69, 9.17) is 34.8 Å². The van der Waals surface area contributed by atoms with Crippen molar-refractivity contribution in [3.63, 3.8) is 0 Å². The predicted octanol–water partition coefficient (Wildman–Crippen LogP) is 5.76. The maximum atomic E-state index is 6.29. The number of halogens is 3. The summed E-state index contributed by atoms with van der Waals surface area (Å²) in [7, 11) is 0. The number of rotatable bonds is 2. The summed E-state index contributed by atoms with van der Waals surface area (Å²) >= 11 is 18.4. The molecule has 1 heterocycles. The molecule has 0 aliphatic rings. The molecule has 0 saturated carbocycles. The molecule has 0 aliphatic heterocycles. The van der Waals surface area contributed by atoms with E-state index >= 15 is 0 Å². The molecule has 0 amide bonds. The van der Waals surface area contributed by atoms with E-state index in [1.54, 1.807) is 6.07 Å². The number of benzene rings is 2. The van der Waals surface area contributed by atoms with Gasteiger partial charge in [-0.05, 0) is 36.8 Å². The molecule has 0 saturated heterocycles. The zero-order valence-corrected chi connectivity index (χ0v) is 13.0. The molecule has 0 aliphatic carbocycles. The maximum Gasteiger partial charge on any atom is 0.118 e. The van der Waals surface area contributed by atoms with Gasteiger partial charge in [-0.15, -0.1) is 0 Å². The minimum Gasteiger partial charge on any atom is -0.327 e. The Hall–Kier alpha value is -1.15. The van der Waals surface area contributed by atoms with Crippen molar-refractivity contribution in [3.8, 4) is 0 Å². The van der Waals surface area contributed by atoms with Crippen LogP contribution in [0.5, 0.6) is 0 Å². The van der Waals surface area contributed by atoms with E-state index in [-0.39, 0.29) is 0 Å². The lowest BCUT2D eigenvalue weighted by Gasteiger charge is -2.09. The molecule has 3 rings (SSSR count). The lowest BCUT2D eigenvalue weighted by Crippen LogP contribution is -2.00. The number of fused-ring (bicyclic) bond motifs is 1. The van der Waals surface area contributed by atoms with Gasteiger partial charge in [0.25, 0.3) is 0 Å². The first-order chi connectivity index (χ1) is 9.54. The fraction of sp³-hybridized carbons (Fsp3) is 0.125. The molecule has 0 fully saturated rings. The molecule has 2 aromatic carbocycles. The number of nitrogens with zero attached hydrogens (tertiary/aromatic N) is 1. The molecular formula is C16H11Cl3N. The number of hydrogen-bond donors (Lipinski definition) is 0. The van der Waals surface area contributed by atoms with Crippen molar-refractivity contribution < 1.29 is 0 Å². The SMILES string of the molecule is Cc1ccc2c([c]c(Cl)n2Cc2ccc(Cl)cc2Cl)c1. The monoisotopic (exact) mass is 322 g/mol. The van der Waals surface area contributed by atoms with Crippen LogP contribution in [0.4, 0.5) is 0 Å². The van der Waals surface area contributed by atoms with Gasteiger partial charge in [0, 0.05) is 21.5 Å². The Morgan fingerprint density at radius 3 is 2.60 bits per heavy atom. The van der Waals surface area contributed by atoms with Crippen LogP contribution < -0.4 is 0 Å². The van der Waals surface area contributed by atoms with Crippen LogP contribution in [0.2, 0.25) is 15.2 Å². The van der Waals surface area contributed by atoms with Crippen molar-refractivity contribution in [1.29, 1.82) is 0 Å². The summed E-state index contributed by atoms with van der Waals surface area (Å²) in [6, 6.07) is 14.9. The minimum atomic E-state index is 0.580. The van der Waals surface area contributed by atoms with Gasteiger partial charge < -0.3 is 4.57 Å². The summed E-state index contributed by atoms with van der Waals surface area (Å²) in [5.74, 6) is 0. The van der Waals surface area contributed by atoms with Crippen LogP contribution >= 0.6 is 34.8 Å². The molecule has 0 unspecified atom stereocenters. The average molecular weight is 324 g/mol. The zero-order valence-electron chi connectivity index (χ0n) is 10.8. The van der Waals surface area contributed by atoms with Crippen molar-refractivity contribution in [1.82, 2.24) is 4.57 Å². The minimum absolute atomic E-state index is 0.580. The van der Waals surface area contributed by atoms with Crippen molar-refractivity contribution in [2.75, 3.05) is 0 Å². The lowest BCUT2D eigenvalue weighted by molar-refractivity contribution is 0.837. The van der Waals surface area contributed by atoms with Crippen molar-refractivity contribution in [3.05, 3.63) is 68.8 Å². The molecular weight excluding hydrogens is 313 g/mol. The predicted molar refractivity (Wildman–Crippen MR) is 86.1 cm³/mol. The number of aryl methyl sites for hydroxylation is 1. The molecule has 101 valence electrons. The van der Waals surface area contributed by atoms with Gasteiger partial charge in [0.05, 0.1) is 12.1 Å². The lowest BCUT2D eigenvalue weighted by atomic mass is 10.2. The highest BCUT2D eigenvalue weighted by Crippen LogP contribution is 2.28. The van der Waals surface area contributed by atoms with Gasteiger partial charge in [0.2, 0.25) is 0 Å². The van der Waals surface area contributed by atoms with Gasteiger partial charge in [-0.3, -0.25) is 0 Å². The van der Waals surface area contributed by atoms with Gasteiger partial charge >= 0.3 is 0 Å². The number of hydrogen-bond acceptors (Lipinski definition) is 0. The fourth-order valence-electron chi connectivity index (χ4n) is 2.24. The highest BCUT2D eigenvalue weighted by Gasteiger charge is 2.10. The third kappa shape index (κ3) is 2.54. The second-order valence-electron chi connectivity index (χ2n) is 4.76. The number of aromatic nitrogens is 1. The van der Waals surface area contributed by atoms with Crippen LogP contribution in [0, 0.1) is 13.0 Å². The second kappa shape index (κ2) is 5.33. The van der Waals surface area contributed by atoms with E-state index in [1.807, 2.05) is 16.7 Å². The average Bonchev–Trinajstić information content (AvgIpc) is 2.68. The summed E-state index contributed by atoms with van der Waals surface area (Å²) in [5, 5.41) is 2.86. The van der Waals surface area contributed by atoms with Gasteiger partial charge in [-0.1, -0.05) is 52.5 Å². The smallest absolute Gasteiger partial charge is 0.118 e. The quantitative estimate of drug-likeness (QED) is 0.565. The summed E-state index contributed by atoms with van der Waals surface area (Å²) in [6.45, 7) is 2.65. The van der Waals surface area contributed by atoms with Gasteiger partial charge in [-0.2, -0.15) is 0 Å². The van der Waals surface area contributed by atoms with E-state index in [9.17, 15) is 0 Å². The van der Waals surface area contributed by atoms with Gasteiger partial charge in [-0.25, -0.2) is 0 Å². The van der Waals surface area contributed by atoms with E-state index in [0.29, 0.717) is 21.7 Å². The van der Waals surface area contributed by atoms with Crippen molar-refractivity contribution >= 4 is 45.7 Å². The standard InChI is InChI=1S/C16H11Cl3N/c1-10-2-5-15-12(6-10)7-16(19)20(15)9-11-3-4-13(17)8-14(11)18/h2-6,8H,9H2,1H3. The highest BCUT2D eigenvalue weighted by molar-refractivity contribution is 6.35. The summed E-state index contributed by atoms with van der Waals surface area (Å²) in [4.78, 5) is 0. The first-order valence-electron chi connectivity index (χ1n) is 6.16. The molecule has 1 radical (unpaired) electrons. The third-order valence-corrected chi connectivity index (χ3v) is 4.15. The molecule has 0 spiro atoms. The van der Waals surface area contributed by atoms with Crippen LogP contribution in [-0.2, 0) is 6.54 Å². The van der Waals surface area contributed by atoms with Crippen LogP contribution in [-0.4, -0.2) is 4.57 Å². The Balaban J connectivity index is 2.08. The third-order valence-electron chi connectivity index (χ3n) is 3.26. The molecule has 0 N–H and O–H groups in total. The fourth-order valence-corrected chi connectivity index (χ4v) is 2.97. The summed E-state index contributed by atoms with van der Waals surface area (Å²) in [5.41, 5.74) is 3.21. The van der Waals surface area contributed by atoms with E-state index in [1.165, 1.54) is 5.56 Å². The first kappa shape index (κ1) is 13.8. The summed E-state index contributed by atoms with van der Waals surface area (Å²) in [6.07, 6.45) is 0. The van der Waals surface area contributed by atoms with Crippen LogP contribution in [0.15, 0.2) is 36.4 Å². The first-order valence-corrected chi connectivity index (χ1v) is 7.29. The Morgan fingerprint density at radius 1 is 1.05 bits per heavy atom. The molecule has 0 atom stereocenters. The Bertz CT molecular complexity index is 790. The maximum absolute atomic E-state index is 6.29. The Labute approximate surface area is 132 Å². The zero-order chi connectivity index (χ0) is 14.3. The van der Waals surface area contributed by atoms with E-state index < -0.39 is 0 Å². The molecule has 20 heavy (non-hydrogen) atoms. The molecule has 1 aromatic heterocycles. The highest BCUT2D eigenvalue weighted by atomic mass is 35.5. The molecule has 3 aromatic rings. The Kier molecular flexibility index (Phi) is 3.68.